The van der Waals surface area contributed by atoms with Crippen LogP contribution in [-0.4, -0.2) is 23.1 Å². The molecular formula is C12H16N4S. The Balaban J connectivity index is 2.02. The van der Waals surface area contributed by atoms with E-state index in [1.165, 1.54) is 12.8 Å². The third-order valence-corrected chi connectivity index (χ3v) is 4.29. The summed E-state index contributed by atoms with van der Waals surface area (Å²) in [4.78, 5) is 12.0. The summed E-state index contributed by atoms with van der Waals surface area (Å²) in [6, 6.07) is 2.09. The molecule has 90 valence electrons. The zero-order valence-corrected chi connectivity index (χ0v) is 10.7. The van der Waals surface area contributed by atoms with E-state index in [1.54, 1.807) is 11.3 Å². The molecule has 2 N–H and O–H groups in total. The quantitative estimate of drug-likeness (QED) is 0.887. The molecule has 17 heavy (non-hydrogen) atoms. The average molecular weight is 248 g/mol. The van der Waals surface area contributed by atoms with Gasteiger partial charge in [-0.05, 0) is 23.8 Å². The van der Waals surface area contributed by atoms with E-state index < -0.39 is 0 Å². The Hall–Kier alpha value is -1.36. The maximum absolute atomic E-state index is 5.78. The first-order valence-corrected chi connectivity index (χ1v) is 6.91. The number of thiophene rings is 1. The van der Waals surface area contributed by atoms with Gasteiger partial charge >= 0.3 is 0 Å². The Morgan fingerprint density at radius 1 is 1.53 bits per heavy atom. The molecule has 0 aromatic carbocycles. The number of hydrogen-bond acceptors (Lipinski definition) is 5. The van der Waals surface area contributed by atoms with Crippen LogP contribution in [0.3, 0.4) is 0 Å². The summed E-state index contributed by atoms with van der Waals surface area (Å²) in [5.41, 5.74) is 5.78. The maximum atomic E-state index is 5.78. The van der Waals surface area contributed by atoms with E-state index in [1.807, 2.05) is 0 Å². The van der Waals surface area contributed by atoms with Crippen LogP contribution in [0.4, 0.5) is 11.8 Å². The summed E-state index contributed by atoms with van der Waals surface area (Å²) in [6.07, 6.45) is 2.50. The Kier molecular flexibility index (Phi) is 2.63. The zero-order valence-electron chi connectivity index (χ0n) is 9.89. The van der Waals surface area contributed by atoms with Crippen LogP contribution in [0.2, 0.25) is 0 Å². The smallest absolute Gasteiger partial charge is 0.223 e. The van der Waals surface area contributed by atoms with Crippen LogP contribution in [-0.2, 0) is 0 Å². The standard InChI is InChI=1S/C12H16N4S/c1-2-8-3-5-16(7-8)10-9-4-6-17-11(9)15-12(13)14-10/h4,6,8H,2-3,5,7H2,1H3,(H2,13,14,15). The fraction of sp³-hybridized carbons (Fsp3) is 0.500. The van der Waals surface area contributed by atoms with Crippen molar-refractivity contribution in [2.24, 2.45) is 5.92 Å². The van der Waals surface area contributed by atoms with Crippen LogP contribution >= 0.6 is 11.3 Å². The minimum absolute atomic E-state index is 0.384. The van der Waals surface area contributed by atoms with E-state index in [-0.39, 0.29) is 0 Å². The van der Waals surface area contributed by atoms with Gasteiger partial charge in [-0.15, -0.1) is 11.3 Å². The van der Waals surface area contributed by atoms with Crippen LogP contribution in [0.1, 0.15) is 19.8 Å². The Morgan fingerprint density at radius 3 is 3.18 bits per heavy atom. The van der Waals surface area contributed by atoms with Gasteiger partial charge in [-0.25, -0.2) is 4.98 Å². The molecule has 1 fully saturated rings. The summed E-state index contributed by atoms with van der Waals surface area (Å²) >= 11 is 1.62. The fourth-order valence-electron chi connectivity index (χ4n) is 2.46. The highest BCUT2D eigenvalue weighted by atomic mass is 32.1. The summed E-state index contributed by atoms with van der Waals surface area (Å²) in [7, 11) is 0. The fourth-order valence-corrected chi connectivity index (χ4v) is 3.22. The van der Waals surface area contributed by atoms with Crippen LogP contribution in [0.25, 0.3) is 10.2 Å². The highest BCUT2D eigenvalue weighted by Gasteiger charge is 2.24. The number of fused-ring (bicyclic) bond motifs is 1. The molecule has 3 rings (SSSR count). The molecule has 1 aliphatic heterocycles. The molecule has 1 saturated heterocycles. The lowest BCUT2D eigenvalue weighted by Gasteiger charge is -2.18. The predicted octanol–water partition coefficient (Wildman–Crippen LogP) is 2.51. The molecule has 0 amide bonds. The van der Waals surface area contributed by atoms with Gasteiger partial charge in [0.25, 0.3) is 0 Å². The SMILES string of the molecule is CCC1CCN(c2nc(N)nc3sccc23)C1. The summed E-state index contributed by atoms with van der Waals surface area (Å²) < 4.78 is 0. The summed E-state index contributed by atoms with van der Waals surface area (Å²) in [5.74, 6) is 2.19. The van der Waals surface area contributed by atoms with Gasteiger partial charge in [0.2, 0.25) is 5.95 Å². The van der Waals surface area contributed by atoms with Crippen molar-refractivity contribution >= 4 is 33.3 Å². The monoisotopic (exact) mass is 248 g/mol. The van der Waals surface area contributed by atoms with E-state index in [9.17, 15) is 0 Å². The highest BCUT2D eigenvalue weighted by molar-refractivity contribution is 7.16. The number of hydrogen-bond donors (Lipinski definition) is 1. The number of nitrogen functional groups attached to an aromatic ring is 1. The van der Waals surface area contributed by atoms with E-state index in [4.69, 9.17) is 5.73 Å². The molecular weight excluding hydrogens is 232 g/mol. The van der Waals surface area contributed by atoms with Crippen LogP contribution in [0.15, 0.2) is 11.4 Å². The lowest BCUT2D eigenvalue weighted by atomic mass is 10.1. The molecule has 1 atom stereocenters. The normalized spacial score (nSPS) is 20.3. The number of nitrogens with zero attached hydrogens (tertiary/aromatic N) is 3. The van der Waals surface area contributed by atoms with Crippen LogP contribution in [0.5, 0.6) is 0 Å². The number of rotatable bonds is 2. The van der Waals surface area contributed by atoms with Crippen molar-refractivity contribution in [1.82, 2.24) is 9.97 Å². The van der Waals surface area contributed by atoms with E-state index in [2.05, 4.69) is 33.2 Å². The van der Waals surface area contributed by atoms with Crippen molar-refractivity contribution in [3.63, 3.8) is 0 Å². The van der Waals surface area contributed by atoms with Gasteiger partial charge in [-0.3, -0.25) is 0 Å². The van der Waals surface area contributed by atoms with Crippen molar-refractivity contribution < 1.29 is 0 Å². The molecule has 1 aliphatic rings. The number of aromatic nitrogens is 2. The van der Waals surface area contributed by atoms with Gasteiger partial charge < -0.3 is 10.6 Å². The second kappa shape index (κ2) is 4.14. The third kappa shape index (κ3) is 1.84. The molecule has 4 nitrogen and oxygen atoms in total. The molecule has 3 heterocycles. The van der Waals surface area contributed by atoms with Gasteiger partial charge in [0.15, 0.2) is 0 Å². The Labute approximate surface area is 104 Å². The lowest BCUT2D eigenvalue weighted by molar-refractivity contribution is 0.569. The van der Waals surface area contributed by atoms with E-state index in [0.29, 0.717) is 5.95 Å². The average Bonchev–Trinajstić information content (AvgIpc) is 2.95. The first kappa shape index (κ1) is 10.8. The molecule has 0 bridgehead atoms. The van der Waals surface area contributed by atoms with Crippen molar-refractivity contribution in [2.75, 3.05) is 23.7 Å². The molecule has 0 spiro atoms. The summed E-state index contributed by atoms with van der Waals surface area (Å²) in [6.45, 7) is 4.43. The minimum atomic E-state index is 0.384. The van der Waals surface area contributed by atoms with Gasteiger partial charge in [-0.2, -0.15) is 4.98 Å². The van der Waals surface area contributed by atoms with Crippen molar-refractivity contribution in [3.05, 3.63) is 11.4 Å². The second-order valence-electron chi connectivity index (χ2n) is 4.55. The first-order valence-electron chi connectivity index (χ1n) is 6.03. The summed E-state index contributed by atoms with van der Waals surface area (Å²) in [5, 5.41) is 3.19. The Morgan fingerprint density at radius 2 is 2.41 bits per heavy atom. The van der Waals surface area contributed by atoms with E-state index in [0.717, 1.165) is 35.0 Å². The van der Waals surface area contributed by atoms with Crippen molar-refractivity contribution in [2.45, 2.75) is 19.8 Å². The van der Waals surface area contributed by atoms with E-state index >= 15 is 0 Å². The van der Waals surface area contributed by atoms with Gasteiger partial charge in [-0.1, -0.05) is 13.3 Å². The molecule has 0 radical (unpaired) electrons. The molecule has 2 aromatic heterocycles. The van der Waals surface area contributed by atoms with Gasteiger partial charge in [0.05, 0.1) is 5.39 Å². The third-order valence-electron chi connectivity index (χ3n) is 3.48. The van der Waals surface area contributed by atoms with Crippen LogP contribution < -0.4 is 10.6 Å². The molecule has 1 unspecified atom stereocenters. The van der Waals surface area contributed by atoms with Crippen molar-refractivity contribution in [1.29, 1.82) is 0 Å². The molecule has 5 heteroatoms. The molecule has 0 aliphatic carbocycles. The largest absolute Gasteiger partial charge is 0.368 e. The maximum Gasteiger partial charge on any atom is 0.223 e. The minimum Gasteiger partial charge on any atom is -0.368 e. The van der Waals surface area contributed by atoms with Crippen LogP contribution in [0, 0.1) is 5.92 Å². The lowest BCUT2D eigenvalue weighted by Crippen LogP contribution is -2.21. The van der Waals surface area contributed by atoms with Gasteiger partial charge in [0.1, 0.15) is 10.6 Å². The number of nitrogens with two attached hydrogens (primary N) is 1. The zero-order chi connectivity index (χ0) is 11.8. The first-order chi connectivity index (χ1) is 8.28. The molecule has 0 saturated carbocycles. The van der Waals surface area contributed by atoms with Gasteiger partial charge in [0, 0.05) is 13.1 Å². The predicted molar refractivity (Wildman–Crippen MR) is 72.4 cm³/mol. The Bertz CT molecular complexity index is 536. The number of anilines is 2. The van der Waals surface area contributed by atoms with Crippen molar-refractivity contribution in [3.8, 4) is 0 Å². The topological polar surface area (TPSA) is 55.0 Å². The highest BCUT2D eigenvalue weighted by Crippen LogP contribution is 2.32. The molecule has 2 aromatic rings. The second-order valence-corrected chi connectivity index (χ2v) is 5.45.